The molecule has 11 heteroatoms. The van der Waals surface area contributed by atoms with Crippen molar-refractivity contribution in [3.05, 3.63) is 59.8 Å². The predicted octanol–water partition coefficient (Wildman–Crippen LogP) is 4.97. The first-order valence-corrected chi connectivity index (χ1v) is 14.0. The summed E-state index contributed by atoms with van der Waals surface area (Å²) < 4.78 is 39.2. The molecule has 5 rings (SSSR count). The van der Waals surface area contributed by atoms with Crippen molar-refractivity contribution in [1.29, 1.82) is 0 Å². The lowest BCUT2D eigenvalue weighted by molar-refractivity contribution is 0.102. The summed E-state index contributed by atoms with van der Waals surface area (Å²) in [6, 6.07) is 6.20. The molecule has 2 aliphatic rings. The number of halogens is 1. The monoisotopic (exact) mass is 528 g/mol. The van der Waals surface area contributed by atoms with Gasteiger partial charge in [-0.05, 0) is 67.3 Å². The largest absolute Gasteiger partial charge is 0.328 e. The molecule has 198 valence electrons. The maximum absolute atomic E-state index is 14.9. The van der Waals surface area contributed by atoms with Gasteiger partial charge in [0.25, 0.3) is 5.91 Å². The van der Waals surface area contributed by atoms with Crippen LogP contribution in [0.5, 0.6) is 0 Å². The number of hydrogen-bond acceptors (Lipinski definition) is 8. The quantitative estimate of drug-likeness (QED) is 0.374. The van der Waals surface area contributed by atoms with Crippen LogP contribution in [0, 0.1) is 11.7 Å². The summed E-state index contributed by atoms with van der Waals surface area (Å²) in [6.07, 6.45) is 8.32. The van der Waals surface area contributed by atoms with E-state index in [1.807, 2.05) is 6.07 Å². The lowest BCUT2D eigenvalue weighted by atomic mass is 9.76. The molecule has 1 saturated heterocycles. The highest BCUT2D eigenvalue weighted by Crippen LogP contribution is 2.51. The molecule has 9 nitrogen and oxygen atoms in total. The zero-order valence-corrected chi connectivity index (χ0v) is 21.8. The van der Waals surface area contributed by atoms with Gasteiger partial charge in [-0.15, -0.1) is 0 Å². The van der Waals surface area contributed by atoms with Gasteiger partial charge in [-0.2, -0.15) is 4.31 Å². The minimum absolute atomic E-state index is 0.114. The lowest BCUT2D eigenvalue weighted by Gasteiger charge is -2.52. The van der Waals surface area contributed by atoms with Crippen molar-refractivity contribution >= 4 is 39.1 Å². The standard InChI is InChI=1S/C26H33FN6O3S/c1-16-10-17(12-18(28)11-16)20-6-7-29-15-24(20)31-26(34)21-4-5-23(27)22-13-19(14-30-25(21)22)33-9-3-8-32(2)37(33,35)36/h4-7,13-18,35-36H,3,8-12,28H2,1-2H3,(H,31,34)/t16-,17+,18-/m0/s1. The summed E-state index contributed by atoms with van der Waals surface area (Å²) in [7, 11) is -1.59. The number of pyridine rings is 2. The van der Waals surface area contributed by atoms with Crippen molar-refractivity contribution in [3.63, 3.8) is 0 Å². The van der Waals surface area contributed by atoms with E-state index in [1.54, 1.807) is 19.4 Å². The molecule has 2 fully saturated rings. The number of benzene rings is 1. The topological polar surface area (TPSA) is 128 Å². The highest BCUT2D eigenvalue weighted by Gasteiger charge is 2.32. The molecule has 5 N–H and O–H groups in total. The third-order valence-corrected chi connectivity index (χ3v) is 9.39. The number of hydrogen-bond donors (Lipinski definition) is 4. The second kappa shape index (κ2) is 10.1. The minimum Gasteiger partial charge on any atom is -0.328 e. The summed E-state index contributed by atoms with van der Waals surface area (Å²) in [5.74, 6) is -0.266. The fourth-order valence-electron chi connectivity index (χ4n) is 5.58. The van der Waals surface area contributed by atoms with Crippen molar-refractivity contribution in [3.8, 4) is 0 Å². The molecule has 3 atom stereocenters. The minimum atomic E-state index is -3.22. The summed E-state index contributed by atoms with van der Waals surface area (Å²) in [4.78, 5) is 22.0. The van der Waals surface area contributed by atoms with Gasteiger partial charge in [0, 0.05) is 37.8 Å². The highest BCUT2D eigenvalue weighted by molar-refractivity contribution is 8.23. The molecule has 1 aliphatic heterocycles. The number of carbonyl (C=O) groups is 1. The summed E-state index contributed by atoms with van der Waals surface area (Å²) in [6.45, 7) is 3.13. The number of anilines is 2. The molecule has 0 radical (unpaired) electrons. The van der Waals surface area contributed by atoms with Crippen LogP contribution in [-0.2, 0) is 0 Å². The van der Waals surface area contributed by atoms with Gasteiger partial charge in [0.1, 0.15) is 5.82 Å². The van der Waals surface area contributed by atoms with Crippen molar-refractivity contribution < 1.29 is 18.3 Å². The lowest BCUT2D eigenvalue weighted by Crippen LogP contribution is -2.44. The van der Waals surface area contributed by atoms with Crippen molar-refractivity contribution in [2.24, 2.45) is 11.7 Å². The Labute approximate surface area is 217 Å². The smallest absolute Gasteiger partial charge is 0.257 e. The molecule has 1 aliphatic carbocycles. The molecule has 1 amide bonds. The van der Waals surface area contributed by atoms with Gasteiger partial charge in [-0.1, -0.05) is 17.9 Å². The van der Waals surface area contributed by atoms with Gasteiger partial charge in [0.2, 0.25) is 0 Å². The summed E-state index contributed by atoms with van der Waals surface area (Å²) >= 11 is 0. The molecule has 0 unspecified atom stereocenters. The maximum Gasteiger partial charge on any atom is 0.257 e. The second-order valence-corrected chi connectivity index (χ2v) is 12.2. The van der Waals surface area contributed by atoms with Gasteiger partial charge in [-0.3, -0.25) is 28.2 Å². The number of fused-ring (bicyclic) bond motifs is 1. The highest BCUT2D eigenvalue weighted by atomic mass is 32.3. The molecule has 3 heterocycles. The molecule has 0 spiro atoms. The van der Waals surface area contributed by atoms with Crippen LogP contribution in [-0.4, -0.2) is 55.5 Å². The van der Waals surface area contributed by atoms with E-state index in [0.717, 1.165) is 24.8 Å². The van der Waals surface area contributed by atoms with E-state index in [2.05, 4.69) is 22.2 Å². The molecular formula is C26H33FN6O3S. The fourth-order valence-corrected chi connectivity index (χ4v) is 7.05. The van der Waals surface area contributed by atoms with Crippen LogP contribution in [0.15, 0.2) is 42.9 Å². The Bertz CT molecular complexity index is 1310. The van der Waals surface area contributed by atoms with Gasteiger partial charge in [0.15, 0.2) is 0 Å². The van der Waals surface area contributed by atoms with Gasteiger partial charge < -0.3 is 11.1 Å². The van der Waals surface area contributed by atoms with E-state index in [9.17, 15) is 18.3 Å². The zero-order chi connectivity index (χ0) is 26.3. The molecule has 0 bridgehead atoms. The van der Waals surface area contributed by atoms with Crippen LogP contribution in [0.2, 0.25) is 0 Å². The fraction of sp³-hybridized carbons (Fsp3) is 0.423. The van der Waals surface area contributed by atoms with E-state index < -0.39 is 22.7 Å². The summed E-state index contributed by atoms with van der Waals surface area (Å²) in [5, 5.41) is 3.10. The normalized spacial score (nSPS) is 25.1. The SMILES string of the molecule is C[C@@H]1C[C@H](N)C[C@H](c2ccncc2NC(=O)c2ccc(F)c3cc(N4CCCN(C)S4(O)O)cnc23)C1. The van der Waals surface area contributed by atoms with Crippen LogP contribution in [0.1, 0.15) is 54.4 Å². The van der Waals surface area contributed by atoms with Crippen molar-refractivity contribution in [1.82, 2.24) is 14.3 Å². The number of amides is 1. The third kappa shape index (κ3) is 5.01. The number of rotatable bonds is 4. The Balaban J connectivity index is 1.46. The Kier molecular flexibility index (Phi) is 7.08. The Morgan fingerprint density at radius 1 is 1.19 bits per heavy atom. The van der Waals surface area contributed by atoms with Crippen LogP contribution in [0.3, 0.4) is 0 Å². The van der Waals surface area contributed by atoms with E-state index >= 15 is 0 Å². The average Bonchev–Trinajstić information content (AvgIpc) is 2.85. The molecule has 3 aromatic rings. The van der Waals surface area contributed by atoms with Gasteiger partial charge in [-0.25, -0.2) is 4.39 Å². The Hall–Kier alpha value is -2.83. The number of nitrogens with zero attached hydrogens (tertiary/aromatic N) is 4. The van der Waals surface area contributed by atoms with E-state index in [-0.39, 0.29) is 28.4 Å². The van der Waals surface area contributed by atoms with Crippen LogP contribution >= 0.6 is 11.0 Å². The first-order chi connectivity index (χ1) is 17.6. The van der Waals surface area contributed by atoms with Crippen LogP contribution in [0.4, 0.5) is 15.8 Å². The van der Waals surface area contributed by atoms with E-state index in [0.29, 0.717) is 36.8 Å². The predicted molar refractivity (Wildman–Crippen MR) is 145 cm³/mol. The zero-order valence-electron chi connectivity index (χ0n) is 21.0. The number of carbonyl (C=O) groups excluding carboxylic acids is 1. The third-order valence-electron chi connectivity index (χ3n) is 7.38. The van der Waals surface area contributed by atoms with Crippen molar-refractivity contribution in [2.75, 3.05) is 29.8 Å². The van der Waals surface area contributed by atoms with Gasteiger partial charge in [0.05, 0.1) is 34.8 Å². The first kappa shape index (κ1) is 25.8. The average molecular weight is 529 g/mol. The maximum atomic E-state index is 14.9. The molecule has 2 aromatic heterocycles. The van der Waals surface area contributed by atoms with E-state index in [1.165, 1.54) is 33.0 Å². The Morgan fingerprint density at radius 2 is 2.00 bits per heavy atom. The van der Waals surface area contributed by atoms with Crippen LogP contribution in [0.25, 0.3) is 10.9 Å². The molecule has 1 saturated carbocycles. The van der Waals surface area contributed by atoms with Crippen LogP contribution < -0.4 is 15.4 Å². The number of aromatic nitrogens is 2. The van der Waals surface area contributed by atoms with Crippen molar-refractivity contribution in [2.45, 2.75) is 44.6 Å². The molecule has 1 aromatic carbocycles. The molecule has 37 heavy (non-hydrogen) atoms. The molecular weight excluding hydrogens is 495 g/mol. The number of nitrogens with two attached hydrogens (primary N) is 1. The Morgan fingerprint density at radius 3 is 2.78 bits per heavy atom. The second-order valence-electron chi connectivity index (χ2n) is 10.2. The number of nitrogens with one attached hydrogen (secondary N) is 1. The van der Waals surface area contributed by atoms with Gasteiger partial charge >= 0.3 is 0 Å². The summed E-state index contributed by atoms with van der Waals surface area (Å²) in [5.41, 5.74) is 8.68. The van der Waals surface area contributed by atoms with E-state index in [4.69, 9.17) is 5.73 Å². The first-order valence-electron chi connectivity index (χ1n) is 12.5.